The van der Waals surface area contributed by atoms with Gasteiger partial charge in [-0.25, -0.2) is 0 Å². The van der Waals surface area contributed by atoms with Crippen molar-refractivity contribution in [1.29, 1.82) is 0 Å². The summed E-state index contributed by atoms with van der Waals surface area (Å²) < 4.78 is 12.0. The van der Waals surface area contributed by atoms with E-state index in [4.69, 9.17) is 14.6 Å². The number of carbonyl (C=O) groups is 2. The quantitative estimate of drug-likeness (QED) is 0.285. The fourth-order valence-electron chi connectivity index (χ4n) is 3.97. The van der Waals surface area contributed by atoms with Gasteiger partial charge < -0.3 is 19.9 Å². The number of para-hydroxylation sites is 2. The second kappa shape index (κ2) is 12.0. The number of rotatable bonds is 10. The minimum Gasteiger partial charge on any atom is -0.491 e. The number of benzene rings is 3. The van der Waals surface area contributed by atoms with Gasteiger partial charge in [-0.3, -0.25) is 9.59 Å². The van der Waals surface area contributed by atoms with E-state index in [0.717, 1.165) is 22.4 Å². The molecule has 2 N–H and O–H groups in total. The van der Waals surface area contributed by atoms with Crippen LogP contribution in [0.15, 0.2) is 60.7 Å². The molecule has 0 bridgehead atoms. The first kappa shape index (κ1) is 27.8. The standard InChI is InChI=1S/C31H37NO5/c1-20-21(2)27(37-22(3)23-13-15-24(16-14-23)31(4,5)6)18-17-25(20)30(35)32-26-10-7-8-11-28(26)36-19-9-12-29(33)34/h7-8,10-11,13-18,22H,9,12,19H2,1-6H3,(H,32,35)(H,33,34)/t22-/m0/s1. The molecular weight excluding hydrogens is 466 g/mol. The van der Waals surface area contributed by atoms with E-state index >= 15 is 0 Å². The van der Waals surface area contributed by atoms with Crippen molar-refractivity contribution < 1.29 is 24.2 Å². The van der Waals surface area contributed by atoms with Crippen LogP contribution in [0.25, 0.3) is 0 Å². The molecule has 6 nitrogen and oxygen atoms in total. The van der Waals surface area contributed by atoms with Gasteiger partial charge in [-0.15, -0.1) is 0 Å². The Morgan fingerprint density at radius 3 is 2.24 bits per heavy atom. The number of hydrogen-bond donors (Lipinski definition) is 2. The van der Waals surface area contributed by atoms with Crippen LogP contribution in [0.3, 0.4) is 0 Å². The lowest BCUT2D eigenvalue weighted by atomic mass is 9.86. The maximum absolute atomic E-state index is 13.1. The van der Waals surface area contributed by atoms with E-state index < -0.39 is 5.97 Å². The third-order valence-electron chi connectivity index (χ3n) is 6.46. The van der Waals surface area contributed by atoms with Gasteiger partial charge in [0, 0.05) is 12.0 Å². The molecular formula is C31H37NO5. The van der Waals surface area contributed by atoms with Crippen LogP contribution in [0.2, 0.25) is 0 Å². The first-order valence-electron chi connectivity index (χ1n) is 12.6. The number of nitrogens with one attached hydrogen (secondary N) is 1. The summed E-state index contributed by atoms with van der Waals surface area (Å²) in [5.74, 6) is 0.126. The Hall–Kier alpha value is -3.80. The minimum atomic E-state index is -0.865. The van der Waals surface area contributed by atoms with E-state index in [1.54, 1.807) is 18.2 Å². The first-order valence-corrected chi connectivity index (χ1v) is 12.6. The van der Waals surface area contributed by atoms with Crippen molar-refractivity contribution in [2.45, 2.75) is 65.9 Å². The van der Waals surface area contributed by atoms with E-state index in [2.05, 4.69) is 50.4 Å². The number of anilines is 1. The number of carboxylic acids is 1. The Balaban J connectivity index is 1.70. The summed E-state index contributed by atoms with van der Waals surface area (Å²) in [6, 6.07) is 19.3. The lowest BCUT2D eigenvalue weighted by Crippen LogP contribution is -2.15. The summed E-state index contributed by atoms with van der Waals surface area (Å²) in [6.07, 6.45) is 0.274. The Morgan fingerprint density at radius 2 is 1.59 bits per heavy atom. The Labute approximate surface area is 219 Å². The van der Waals surface area contributed by atoms with Crippen LogP contribution in [0.5, 0.6) is 11.5 Å². The molecule has 0 saturated heterocycles. The third-order valence-corrected chi connectivity index (χ3v) is 6.46. The van der Waals surface area contributed by atoms with Crippen molar-refractivity contribution >= 4 is 17.6 Å². The largest absolute Gasteiger partial charge is 0.491 e. The number of hydrogen-bond acceptors (Lipinski definition) is 4. The SMILES string of the molecule is Cc1c(O[C@@H](C)c2ccc(C(C)(C)C)cc2)ccc(C(=O)Nc2ccccc2OCCCC(=O)O)c1C. The fraction of sp³-hybridized carbons (Fsp3) is 0.355. The van der Waals surface area contributed by atoms with Gasteiger partial charge in [-0.1, -0.05) is 57.2 Å². The van der Waals surface area contributed by atoms with Gasteiger partial charge in [0.25, 0.3) is 5.91 Å². The zero-order valence-corrected chi connectivity index (χ0v) is 22.6. The molecule has 37 heavy (non-hydrogen) atoms. The molecule has 0 fully saturated rings. The molecule has 3 aromatic carbocycles. The number of aliphatic carboxylic acids is 1. The van der Waals surface area contributed by atoms with Crippen molar-refractivity contribution in [3.8, 4) is 11.5 Å². The summed E-state index contributed by atoms with van der Waals surface area (Å²) in [5, 5.41) is 11.7. The lowest BCUT2D eigenvalue weighted by molar-refractivity contribution is -0.137. The van der Waals surface area contributed by atoms with Crippen LogP contribution in [0.1, 0.15) is 79.3 Å². The topological polar surface area (TPSA) is 84.9 Å². The van der Waals surface area contributed by atoms with Crippen molar-refractivity contribution in [2.24, 2.45) is 0 Å². The molecule has 0 aliphatic carbocycles. The van der Waals surface area contributed by atoms with Crippen LogP contribution in [-0.2, 0) is 10.2 Å². The van der Waals surface area contributed by atoms with Gasteiger partial charge in [0.05, 0.1) is 12.3 Å². The second-order valence-electron chi connectivity index (χ2n) is 10.3. The zero-order valence-electron chi connectivity index (χ0n) is 22.6. The maximum atomic E-state index is 13.1. The molecule has 0 unspecified atom stereocenters. The molecule has 0 aromatic heterocycles. The van der Waals surface area contributed by atoms with E-state index in [1.165, 1.54) is 5.56 Å². The van der Waals surface area contributed by atoms with Crippen LogP contribution in [0.4, 0.5) is 5.69 Å². The van der Waals surface area contributed by atoms with Crippen molar-refractivity contribution in [3.05, 3.63) is 88.5 Å². The predicted molar refractivity (Wildman–Crippen MR) is 147 cm³/mol. The molecule has 1 amide bonds. The van der Waals surface area contributed by atoms with Crippen LogP contribution in [0, 0.1) is 13.8 Å². The van der Waals surface area contributed by atoms with E-state index in [-0.39, 0.29) is 30.5 Å². The molecule has 0 saturated carbocycles. The van der Waals surface area contributed by atoms with Gasteiger partial charge in [0.1, 0.15) is 17.6 Å². The summed E-state index contributed by atoms with van der Waals surface area (Å²) in [6.45, 7) is 12.7. The van der Waals surface area contributed by atoms with Gasteiger partial charge in [0.2, 0.25) is 0 Å². The second-order valence-corrected chi connectivity index (χ2v) is 10.3. The summed E-state index contributed by atoms with van der Waals surface area (Å²) >= 11 is 0. The molecule has 0 radical (unpaired) electrons. The highest BCUT2D eigenvalue weighted by Gasteiger charge is 2.18. The van der Waals surface area contributed by atoms with E-state index in [9.17, 15) is 9.59 Å². The van der Waals surface area contributed by atoms with Gasteiger partial charge in [-0.05, 0) is 79.1 Å². The van der Waals surface area contributed by atoms with Crippen LogP contribution < -0.4 is 14.8 Å². The normalized spacial score (nSPS) is 12.1. The Bertz CT molecular complexity index is 1240. The van der Waals surface area contributed by atoms with Gasteiger partial charge >= 0.3 is 5.97 Å². The third kappa shape index (κ3) is 7.35. The highest BCUT2D eigenvalue weighted by molar-refractivity contribution is 6.06. The van der Waals surface area contributed by atoms with Crippen LogP contribution >= 0.6 is 0 Å². The predicted octanol–water partition coefficient (Wildman–Crippen LogP) is 7.24. The molecule has 3 aromatic rings. The van der Waals surface area contributed by atoms with Gasteiger partial charge in [-0.2, -0.15) is 0 Å². The highest BCUT2D eigenvalue weighted by atomic mass is 16.5. The number of carbonyl (C=O) groups excluding carboxylic acids is 1. The Morgan fingerprint density at radius 1 is 0.919 bits per heavy atom. The molecule has 0 aliphatic rings. The molecule has 0 heterocycles. The zero-order chi connectivity index (χ0) is 27.2. The Kier molecular flexibility index (Phi) is 8.98. The smallest absolute Gasteiger partial charge is 0.303 e. The van der Waals surface area contributed by atoms with E-state index in [0.29, 0.717) is 23.4 Å². The molecule has 3 rings (SSSR count). The van der Waals surface area contributed by atoms with Crippen LogP contribution in [-0.4, -0.2) is 23.6 Å². The molecule has 1 atom stereocenters. The first-order chi connectivity index (χ1) is 17.5. The average molecular weight is 504 g/mol. The number of carboxylic acid groups (broad SMARTS) is 1. The van der Waals surface area contributed by atoms with Crippen molar-refractivity contribution in [3.63, 3.8) is 0 Å². The summed E-state index contributed by atoms with van der Waals surface area (Å²) in [7, 11) is 0. The molecule has 196 valence electrons. The summed E-state index contributed by atoms with van der Waals surface area (Å²) in [5.41, 5.74) is 5.29. The van der Waals surface area contributed by atoms with Crippen molar-refractivity contribution in [2.75, 3.05) is 11.9 Å². The fourth-order valence-corrected chi connectivity index (χ4v) is 3.97. The molecule has 0 spiro atoms. The monoisotopic (exact) mass is 503 g/mol. The average Bonchev–Trinajstić information content (AvgIpc) is 2.85. The van der Waals surface area contributed by atoms with Crippen molar-refractivity contribution in [1.82, 2.24) is 0 Å². The molecule has 6 heteroatoms. The number of amides is 1. The molecule has 0 aliphatic heterocycles. The summed E-state index contributed by atoms with van der Waals surface area (Å²) in [4.78, 5) is 23.9. The lowest BCUT2D eigenvalue weighted by Gasteiger charge is -2.22. The number of ether oxygens (including phenoxy) is 2. The minimum absolute atomic E-state index is 0.0300. The maximum Gasteiger partial charge on any atom is 0.303 e. The highest BCUT2D eigenvalue weighted by Crippen LogP contribution is 2.31. The van der Waals surface area contributed by atoms with E-state index in [1.807, 2.05) is 39.0 Å². The van der Waals surface area contributed by atoms with Gasteiger partial charge in [0.15, 0.2) is 0 Å².